The molecule has 1 fully saturated rings. The third-order valence-electron chi connectivity index (χ3n) is 3.56. The fourth-order valence-electron chi connectivity index (χ4n) is 2.40. The van der Waals surface area contributed by atoms with E-state index in [1.165, 1.54) is 13.2 Å². The molecular formula is C13H19ClN2O4. The van der Waals surface area contributed by atoms with Crippen LogP contribution < -0.4 is 10.5 Å². The molecule has 1 atom stereocenters. The van der Waals surface area contributed by atoms with Crippen LogP contribution in [0.3, 0.4) is 0 Å². The smallest absolute Gasteiger partial charge is 0.311 e. The minimum Gasteiger partial charge on any atom is -0.490 e. The van der Waals surface area contributed by atoms with Crippen LogP contribution in [-0.2, 0) is 4.74 Å². The first-order chi connectivity index (χ1) is 9.13. The van der Waals surface area contributed by atoms with Crippen LogP contribution >= 0.6 is 12.4 Å². The summed E-state index contributed by atoms with van der Waals surface area (Å²) in [6.07, 6.45) is 1.78. The predicted molar refractivity (Wildman–Crippen MR) is 77.4 cm³/mol. The molecule has 0 aliphatic carbocycles. The van der Waals surface area contributed by atoms with Crippen molar-refractivity contribution in [3.05, 3.63) is 33.9 Å². The number of benzene rings is 1. The highest BCUT2D eigenvalue weighted by Gasteiger charge is 2.25. The van der Waals surface area contributed by atoms with Crippen LogP contribution in [-0.4, -0.2) is 25.2 Å². The molecule has 7 heteroatoms. The zero-order valence-electron chi connectivity index (χ0n) is 11.3. The zero-order valence-corrected chi connectivity index (χ0v) is 12.1. The van der Waals surface area contributed by atoms with Crippen LogP contribution in [0.4, 0.5) is 5.69 Å². The van der Waals surface area contributed by atoms with Gasteiger partial charge in [-0.3, -0.25) is 10.1 Å². The SMILES string of the molecule is COc1ccc([C@@H](N)C2CCOCC2)cc1[N+](=O)[O-].Cl. The zero-order chi connectivity index (χ0) is 13.8. The van der Waals surface area contributed by atoms with Gasteiger partial charge in [0.2, 0.25) is 0 Å². The molecule has 0 aromatic heterocycles. The Morgan fingerprint density at radius 2 is 2.10 bits per heavy atom. The van der Waals surface area contributed by atoms with Crippen LogP contribution in [0.2, 0.25) is 0 Å². The summed E-state index contributed by atoms with van der Waals surface area (Å²) in [6, 6.07) is 4.71. The van der Waals surface area contributed by atoms with Crippen LogP contribution in [0, 0.1) is 16.0 Å². The largest absolute Gasteiger partial charge is 0.490 e. The lowest BCUT2D eigenvalue weighted by atomic mass is 9.87. The van der Waals surface area contributed by atoms with Crippen molar-refractivity contribution >= 4 is 18.1 Å². The Kier molecular flexibility index (Phi) is 6.19. The van der Waals surface area contributed by atoms with Gasteiger partial charge in [-0.05, 0) is 30.4 Å². The molecule has 0 bridgehead atoms. The average molecular weight is 303 g/mol. The summed E-state index contributed by atoms with van der Waals surface area (Å²) >= 11 is 0. The van der Waals surface area contributed by atoms with E-state index in [0.29, 0.717) is 19.1 Å². The average Bonchev–Trinajstić information content (AvgIpc) is 2.46. The lowest BCUT2D eigenvalue weighted by molar-refractivity contribution is -0.385. The van der Waals surface area contributed by atoms with Gasteiger partial charge in [-0.2, -0.15) is 0 Å². The second-order valence-electron chi connectivity index (χ2n) is 4.66. The molecule has 0 unspecified atom stereocenters. The number of nitro groups is 1. The van der Waals surface area contributed by atoms with E-state index in [0.717, 1.165) is 18.4 Å². The van der Waals surface area contributed by atoms with Gasteiger partial charge in [-0.15, -0.1) is 12.4 Å². The molecule has 6 nitrogen and oxygen atoms in total. The third kappa shape index (κ3) is 3.59. The molecule has 0 saturated carbocycles. The van der Waals surface area contributed by atoms with E-state index < -0.39 is 4.92 Å². The maximum absolute atomic E-state index is 11.0. The van der Waals surface area contributed by atoms with E-state index >= 15 is 0 Å². The number of ether oxygens (including phenoxy) is 2. The molecule has 0 amide bonds. The van der Waals surface area contributed by atoms with Crippen LogP contribution in [0.15, 0.2) is 18.2 Å². The Hall–Kier alpha value is -1.37. The van der Waals surface area contributed by atoms with Crippen LogP contribution in [0.1, 0.15) is 24.4 Å². The fraction of sp³-hybridized carbons (Fsp3) is 0.538. The molecule has 1 aliphatic rings. The highest BCUT2D eigenvalue weighted by Crippen LogP contribution is 2.33. The number of hydrogen-bond donors (Lipinski definition) is 1. The normalized spacial score (nSPS) is 17.1. The Morgan fingerprint density at radius 3 is 2.65 bits per heavy atom. The minimum absolute atomic E-state index is 0. The van der Waals surface area contributed by atoms with Crippen molar-refractivity contribution in [3.63, 3.8) is 0 Å². The Balaban J connectivity index is 0.00000200. The molecule has 0 spiro atoms. The van der Waals surface area contributed by atoms with E-state index in [2.05, 4.69) is 0 Å². The molecule has 2 rings (SSSR count). The first-order valence-electron chi connectivity index (χ1n) is 6.29. The van der Waals surface area contributed by atoms with Crippen molar-refractivity contribution in [2.24, 2.45) is 11.7 Å². The molecule has 2 N–H and O–H groups in total. The Bertz CT molecular complexity index is 464. The summed E-state index contributed by atoms with van der Waals surface area (Å²) in [4.78, 5) is 10.6. The minimum atomic E-state index is -0.445. The summed E-state index contributed by atoms with van der Waals surface area (Å²) in [7, 11) is 1.42. The van der Waals surface area contributed by atoms with E-state index in [1.54, 1.807) is 12.1 Å². The van der Waals surface area contributed by atoms with E-state index in [-0.39, 0.29) is 29.9 Å². The molecule has 0 radical (unpaired) electrons. The number of nitrogens with zero attached hydrogens (tertiary/aromatic N) is 1. The molecular weight excluding hydrogens is 284 g/mol. The summed E-state index contributed by atoms with van der Waals surface area (Å²) in [5.74, 6) is 0.565. The van der Waals surface area contributed by atoms with Gasteiger partial charge in [0, 0.05) is 25.3 Å². The number of nitro benzene ring substituents is 1. The van der Waals surface area contributed by atoms with Crippen LogP contribution in [0.5, 0.6) is 5.75 Å². The van der Waals surface area contributed by atoms with Gasteiger partial charge in [0.15, 0.2) is 5.75 Å². The van der Waals surface area contributed by atoms with E-state index in [4.69, 9.17) is 15.2 Å². The molecule has 1 heterocycles. The van der Waals surface area contributed by atoms with Crippen molar-refractivity contribution in [3.8, 4) is 5.75 Å². The number of halogens is 1. The summed E-state index contributed by atoms with van der Waals surface area (Å²) in [5.41, 5.74) is 6.95. The summed E-state index contributed by atoms with van der Waals surface area (Å²) < 4.78 is 10.3. The number of nitrogens with two attached hydrogens (primary N) is 1. The number of rotatable bonds is 4. The van der Waals surface area contributed by atoms with Gasteiger partial charge in [0.25, 0.3) is 0 Å². The maximum atomic E-state index is 11.0. The van der Waals surface area contributed by atoms with Crippen LogP contribution in [0.25, 0.3) is 0 Å². The molecule has 1 aliphatic heterocycles. The predicted octanol–water partition coefficient (Wildman–Crippen LogP) is 2.45. The van der Waals surface area contributed by atoms with Gasteiger partial charge in [0.05, 0.1) is 12.0 Å². The third-order valence-corrected chi connectivity index (χ3v) is 3.56. The van der Waals surface area contributed by atoms with Crippen molar-refractivity contribution in [2.75, 3.05) is 20.3 Å². The fourth-order valence-corrected chi connectivity index (χ4v) is 2.40. The topological polar surface area (TPSA) is 87.6 Å². The van der Waals surface area contributed by atoms with E-state index in [9.17, 15) is 10.1 Å². The number of hydrogen-bond acceptors (Lipinski definition) is 5. The number of methoxy groups -OCH3 is 1. The van der Waals surface area contributed by atoms with Gasteiger partial charge in [-0.1, -0.05) is 6.07 Å². The highest BCUT2D eigenvalue weighted by atomic mass is 35.5. The molecule has 1 aromatic rings. The van der Waals surface area contributed by atoms with Gasteiger partial charge < -0.3 is 15.2 Å². The quantitative estimate of drug-likeness (QED) is 0.682. The Morgan fingerprint density at radius 1 is 1.45 bits per heavy atom. The van der Waals surface area contributed by atoms with Crippen molar-refractivity contribution in [1.82, 2.24) is 0 Å². The Labute approximate surface area is 123 Å². The molecule has 112 valence electrons. The highest BCUT2D eigenvalue weighted by molar-refractivity contribution is 5.85. The van der Waals surface area contributed by atoms with Gasteiger partial charge >= 0.3 is 5.69 Å². The first-order valence-corrected chi connectivity index (χ1v) is 6.29. The molecule has 1 saturated heterocycles. The van der Waals surface area contributed by atoms with Gasteiger partial charge in [-0.25, -0.2) is 0 Å². The van der Waals surface area contributed by atoms with Crippen molar-refractivity contribution in [1.29, 1.82) is 0 Å². The first kappa shape index (κ1) is 16.7. The molecule has 20 heavy (non-hydrogen) atoms. The summed E-state index contributed by atoms with van der Waals surface area (Å²) in [5, 5.41) is 11.0. The van der Waals surface area contributed by atoms with Crippen molar-refractivity contribution < 1.29 is 14.4 Å². The lowest BCUT2D eigenvalue weighted by Crippen LogP contribution is -2.27. The monoisotopic (exact) mass is 302 g/mol. The standard InChI is InChI=1S/C13H18N2O4.ClH/c1-18-12-3-2-10(8-11(12)15(16)17)13(14)9-4-6-19-7-5-9;/h2-3,8-9,13H,4-7,14H2,1H3;1H/t13-;/m0./s1. The molecule has 1 aromatic carbocycles. The second-order valence-corrected chi connectivity index (χ2v) is 4.66. The van der Waals surface area contributed by atoms with E-state index in [1.807, 2.05) is 0 Å². The summed E-state index contributed by atoms with van der Waals surface area (Å²) in [6.45, 7) is 1.41. The maximum Gasteiger partial charge on any atom is 0.311 e. The second kappa shape index (κ2) is 7.42. The lowest BCUT2D eigenvalue weighted by Gasteiger charge is -2.27. The van der Waals surface area contributed by atoms with Crippen molar-refractivity contribution in [2.45, 2.75) is 18.9 Å². The van der Waals surface area contributed by atoms with Gasteiger partial charge in [0.1, 0.15) is 0 Å².